The number of hydrogen-bond donors (Lipinski definition) is 2. The first-order valence-corrected chi connectivity index (χ1v) is 15.5. The van der Waals surface area contributed by atoms with E-state index in [2.05, 4.69) is 74.5 Å². The number of benzene rings is 2. The molecule has 2 aromatic carbocycles. The van der Waals surface area contributed by atoms with Gasteiger partial charge in [0.1, 0.15) is 19.4 Å². The van der Waals surface area contributed by atoms with E-state index in [1.807, 2.05) is 12.1 Å². The van der Waals surface area contributed by atoms with Gasteiger partial charge in [0.15, 0.2) is 0 Å². The van der Waals surface area contributed by atoms with Crippen molar-refractivity contribution >= 4 is 30.1 Å². The fraction of sp³-hybridized carbons (Fsp3) is 0.464. The molecule has 0 radical (unpaired) electrons. The van der Waals surface area contributed by atoms with Gasteiger partial charge in [-0.1, -0.05) is 62.5 Å². The highest BCUT2D eigenvalue weighted by Crippen LogP contribution is 2.42. The highest BCUT2D eigenvalue weighted by Gasteiger charge is 2.42. The third-order valence-corrected chi connectivity index (χ3v) is 12.0. The average molecular weight is 479 g/mol. The summed E-state index contributed by atoms with van der Waals surface area (Å²) in [6.45, 7) is 11.7. The smallest absolute Gasteiger partial charge is 0.223 e. The standard InChI is InChI=1S/C28H38N2O3Si/c1-7-20-10-9-11-23-24-16-17-33-28(8-2,27(24)30-26(20)23)18-25(31)29-19(3)34(5,6)22-14-12-21(32-4)13-15-22/h9-15,19,30H,7-8,16-18H2,1-6H3,(H,29,31). The van der Waals surface area contributed by atoms with Crippen molar-refractivity contribution < 1.29 is 14.3 Å². The zero-order valence-electron chi connectivity index (χ0n) is 21.4. The lowest BCUT2D eigenvalue weighted by Gasteiger charge is -2.37. The molecule has 6 heteroatoms. The second-order valence-electron chi connectivity index (χ2n) is 10.0. The Hall–Kier alpha value is -2.57. The van der Waals surface area contributed by atoms with Crippen LogP contribution in [0, 0.1) is 0 Å². The minimum Gasteiger partial charge on any atom is -0.497 e. The Morgan fingerprint density at radius 1 is 1.21 bits per heavy atom. The summed E-state index contributed by atoms with van der Waals surface area (Å²) < 4.78 is 11.7. The van der Waals surface area contributed by atoms with E-state index in [0.717, 1.165) is 30.7 Å². The number of amides is 1. The predicted molar refractivity (Wildman–Crippen MR) is 142 cm³/mol. The summed E-state index contributed by atoms with van der Waals surface area (Å²) >= 11 is 0. The van der Waals surface area contributed by atoms with Crippen LogP contribution >= 0.6 is 0 Å². The first kappa shape index (κ1) is 24.5. The van der Waals surface area contributed by atoms with Gasteiger partial charge in [-0.15, -0.1) is 0 Å². The van der Waals surface area contributed by atoms with E-state index in [4.69, 9.17) is 9.47 Å². The highest BCUT2D eigenvalue weighted by molar-refractivity contribution is 6.91. The van der Waals surface area contributed by atoms with E-state index in [1.54, 1.807) is 7.11 Å². The lowest BCUT2D eigenvalue weighted by molar-refractivity contribution is -0.133. The second-order valence-corrected chi connectivity index (χ2v) is 14.9. The zero-order valence-corrected chi connectivity index (χ0v) is 22.4. The van der Waals surface area contributed by atoms with Crippen molar-refractivity contribution in [1.82, 2.24) is 10.3 Å². The largest absolute Gasteiger partial charge is 0.497 e. The fourth-order valence-electron chi connectivity index (χ4n) is 5.24. The predicted octanol–water partition coefficient (Wildman–Crippen LogP) is 4.97. The van der Waals surface area contributed by atoms with Gasteiger partial charge in [0.25, 0.3) is 0 Å². The van der Waals surface area contributed by atoms with E-state index >= 15 is 0 Å². The van der Waals surface area contributed by atoms with Crippen LogP contribution in [0.25, 0.3) is 10.9 Å². The molecule has 0 saturated heterocycles. The Morgan fingerprint density at radius 2 is 1.94 bits per heavy atom. The Labute approximate surface area is 204 Å². The van der Waals surface area contributed by atoms with Gasteiger partial charge in [-0.05, 0) is 49.4 Å². The number of methoxy groups -OCH3 is 1. The van der Waals surface area contributed by atoms with Crippen LogP contribution in [0.3, 0.4) is 0 Å². The molecule has 4 rings (SSSR count). The molecule has 0 bridgehead atoms. The highest BCUT2D eigenvalue weighted by atomic mass is 28.3. The topological polar surface area (TPSA) is 63.4 Å². The first-order chi connectivity index (χ1) is 16.3. The molecule has 1 aromatic heterocycles. The molecule has 1 amide bonds. The van der Waals surface area contributed by atoms with Gasteiger partial charge in [-0.25, -0.2) is 0 Å². The third kappa shape index (κ3) is 4.29. The monoisotopic (exact) mass is 478 g/mol. The van der Waals surface area contributed by atoms with Crippen LogP contribution < -0.4 is 15.2 Å². The van der Waals surface area contributed by atoms with Crippen LogP contribution in [0.1, 0.15) is 50.4 Å². The molecule has 2 unspecified atom stereocenters. The Bertz CT molecular complexity index is 1170. The van der Waals surface area contributed by atoms with Crippen molar-refractivity contribution in [3.05, 3.63) is 59.3 Å². The van der Waals surface area contributed by atoms with E-state index in [9.17, 15) is 4.79 Å². The van der Waals surface area contributed by atoms with E-state index < -0.39 is 13.7 Å². The van der Waals surface area contributed by atoms with Gasteiger partial charge in [0.2, 0.25) is 5.91 Å². The molecule has 3 aromatic rings. The molecule has 5 nitrogen and oxygen atoms in total. The number of H-pyrrole nitrogens is 1. The van der Waals surface area contributed by atoms with Crippen LogP contribution in [0.15, 0.2) is 42.5 Å². The van der Waals surface area contributed by atoms with Crippen molar-refractivity contribution in [1.29, 1.82) is 0 Å². The number of ether oxygens (including phenoxy) is 2. The summed E-state index contributed by atoms with van der Waals surface area (Å²) in [6.07, 6.45) is 2.91. The molecular formula is C28H38N2O3Si. The van der Waals surface area contributed by atoms with Crippen LogP contribution in [0.4, 0.5) is 0 Å². The normalized spacial score (nSPS) is 19.0. The molecule has 1 aliphatic heterocycles. The minimum absolute atomic E-state index is 0.0469. The number of hydrogen-bond acceptors (Lipinski definition) is 3. The van der Waals surface area contributed by atoms with E-state index in [-0.39, 0.29) is 11.6 Å². The lowest BCUT2D eigenvalue weighted by atomic mass is 9.86. The summed E-state index contributed by atoms with van der Waals surface area (Å²) in [6, 6.07) is 14.8. The van der Waals surface area contributed by atoms with Gasteiger partial charge in [-0.3, -0.25) is 4.79 Å². The average Bonchev–Trinajstić information content (AvgIpc) is 3.24. The van der Waals surface area contributed by atoms with Gasteiger partial charge in [-0.2, -0.15) is 0 Å². The van der Waals surface area contributed by atoms with Gasteiger partial charge in [0, 0.05) is 16.6 Å². The molecule has 0 aliphatic carbocycles. The van der Waals surface area contributed by atoms with Crippen molar-refractivity contribution in [3.63, 3.8) is 0 Å². The van der Waals surface area contributed by atoms with Crippen molar-refractivity contribution in [2.45, 2.75) is 70.8 Å². The number of carbonyl (C=O) groups excluding carboxylic acids is 1. The van der Waals surface area contributed by atoms with Crippen molar-refractivity contribution in [3.8, 4) is 5.75 Å². The summed E-state index contributed by atoms with van der Waals surface area (Å²) in [5.74, 6) is 0.899. The summed E-state index contributed by atoms with van der Waals surface area (Å²) in [4.78, 5) is 17.1. The molecule has 2 atom stereocenters. The van der Waals surface area contributed by atoms with E-state index in [0.29, 0.717) is 13.0 Å². The summed E-state index contributed by atoms with van der Waals surface area (Å²) in [5, 5.41) is 5.91. The minimum atomic E-state index is -1.93. The van der Waals surface area contributed by atoms with Crippen LogP contribution in [-0.4, -0.2) is 38.3 Å². The molecule has 182 valence electrons. The molecular weight excluding hydrogens is 440 g/mol. The maximum absolute atomic E-state index is 13.4. The Balaban J connectivity index is 1.57. The van der Waals surface area contributed by atoms with Crippen LogP contribution in [0.2, 0.25) is 13.1 Å². The molecule has 1 aliphatic rings. The van der Waals surface area contributed by atoms with Crippen molar-refractivity contribution in [2.75, 3.05) is 13.7 Å². The number of para-hydroxylation sites is 1. The number of nitrogens with one attached hydrogen (secondary N) is 2. The van der Waals surface area contributed by atoms with Gasteiger partial charge in [0.05, 0.1) is 25.8 Å². The number of aromatic amines is 1. The number of aromatic nitrogens is 1. The summed E-state index contributed by atoms with van der Waals surface area (Å²) in [5.41, 5.74) is 4.37. The molecule has 0 fully saturated rings. The number of aryl methyl sites for hydroxylation is 1. The van der Waals surface area contributed by atoms with Crippen molar-refractivity contribution in [2.24, 2.45) is 0 Å². The molecule has 2 N–H and O–H groups in total. The molecule has 0 saturated carbocycles. The maximum atomic E-state index is 13.4. The molecule has 34 heavy (non-hydrogen) atoms. The number of rotatable bonds is 8. The van der Waals surface area contributed by atoms with E-state index in [1.165, 1.54) is 27.2 Å². The van der Waals surface area contributed by atoms with Gasteiger partial charge >= 0.3 is 0 Å². The Morgan fingerprint density at radius 3 is 2.59 bits per heavy atom. The maximum Gasteiger partial charge on any atom is 0.223 e. The fourth-order valence-corrected chi connectivity index (χ4v) is 7.29. The second kappa shape index (κ2) is 9.59. The molecule has 0 spiro atoms. The molecule has 2 heterocycles. The van der Waals surface area contributed by atoms with Gasteiger partial charge < -0.3 is 19.8 Å². The zero-order chi connectivity index (χ0) is 24.5. The first-order valence-electron chi connectivity index (χ1n) is 12.5. The Kier molecular flexibility index (Phi) is 6.92. The van der Waals surface area contributed by atoms with Crippen LogP contribution in [0.5, 0.6) is 5.75 Å². The number of carbonyl (C=O) groups is 1. The van der Waals surface area contributed by atoms with Crippen LogP contribution in [-0.2, 0) is 28.0 Å². The SMILES string of the molecule is CCc1cccc2c3c([nH]c12)C(CC)(CC(=O)NC(C)[Si](C)(C)c1ccc(OC)cc1)OCC3. The lowest BCUT2D eigenvalue weighted by Crippen LogP contribution is -2.59. The third-order valence-electron chi connectivity index (χ3n) is 7.91. The summed E-state index contributed by atoms with van der Waals surface area (Å²) in [7, 11) is -0.249. The quantitative estimate of drug-likeness (QED) is 0.450. The number of fused-ring (bicyclic) bond motifs is 3.